The van der Waals surface area contributed by atoms with Gasteiger partial charge in [-0.3, -0.25) is 4.98 Å². The van der Waals surface area contributed by atoms with Gasteiger partial charge in [0.05, 0.1) is 5.82 Å². The molecule has 2 aromatic heterocycles. The predicted octanol–water partition coefficient (Wildman–Crippen LogP) is 9.69. The van der Waals surface area contributed by atoms with E-state index in [1.807, 2.05) is 67.0 Å². The molecule has 0 fully saturated rings. The largest absolute Gasteiger partial charge is 0.599 e. The predicted molar refractivity (Wildman–Crippen MR) is 199 cm³/mol. The van der Waals surface area contributed by atoms with Crippen LogP contribution in [0.3, 0.4) is 0 Å². The summed E-state index contributed by atoms with van der Waals surface area (Å²) in [4.78, 5) is 11.4. The van der Waals surface area contributed by atoms with Crippen molar-refractivity contribution in [3.63, 3.8) is 0 Å². The zero-order valence-electron chi connectivity index (χ0n) is 29.3. The van der Waals surface area contributed by atoms with Gasteiger partial charge in [0, 0.05) is 50.1 Å². The number of nitrogens with zero attached hydrogens (tertiary/aromatic N) is 4. The Bertz CT molecular complexity index is 1940. The number of aromatic nitrogens is 3. The molecule has 0 aliphatic carbocycles. The maximum atomic E-state index is 6.24. The van der Waals surface area contributed by atoms with Crippen LogP contribution in [0.4, 0.5) is 11.5 Å². The molecule has 251 valence electrons. The summed E-state index contributed by atoms with van der Waals surface area (Å²) >= 11 is 0. The summed E-state index contributed by atoms with van der Waals surface area (Å²) in [6.45, 7) is 15.6. The first-order valence-corrected chi connectivity index (χ1v) is 16.7. The van der Waals surface area contributed by atoms with Crippen molar-refractivity contribution >= 4 is 24.0 Å². The SMILES string of the molecule is CC(C)(C)c1ccnc(N2B(c3ccccc3)Oc3ccc[c-]c32)c1.CC(C)c1cccc(C(C)C)c1-n1ccnc1-c1[c-]cccc1.[Ir]. The van der Waals surface area contributed by atoms with Gasteiger partial charge in [-0.2, -0.15) is 18.2 Å². The normalized spacial score (nSPS) is 12.3. The van der Waals surface area contributed by atoms with Gasteiger partial charge in [-0.25, -0.2) is 4.98 Å². The Morgan fingerprint density at radius 3 is 2.08 bits per heavy atom. The zero-order chi connectivity index (χ0) is 33.8. The Morgan fingerprint density at radius 1 is 0.735 bits per heavy atom. The van der Waals surface area contributed by atoms with Crippen molar-refractivity contribution in [3.8, 4) is 22.8 Å². The van der Waals surface area contributed by atoms with Crippen molar-refractivity contribution in [2.45, 2.75) is 65.7 Å². The standard InChI is InChI=1S/C21H20BN2O.C21H23N2.Ir/c1-21(2,3)16-13-14-23-20(15-16)24-18-11-7-8-12-19(18)25-22(24)17-9-5-4-6-10-17;1-15(2)18-11-8-12-19(16(3)4)20(18)23-14-13-22-21(23)17-9-6-5-7-10-17;/h4-10,12-15H,1-3H3;5-9,11-16H,1-4H3;/q2*-1;. The maximum Gasteiger partial charge on any atom is 0.511 e. The third-order valence-electron chi connectivity index (χ3n) is 8.63. The number of hydrogen-bond donors (Lipinski definition) is 0. The number of pyridine rings is 1. The van der Waals surface area contributed by atoms with Crippen LogP contribution < -0.4 is 14.9 Å². The van der Waals surface area contributed by atoms with Crippen molar-refractivity contribution < 1.29 is 24.8 Å². The van der Waals surface area contributed by atoms with E-state index in [9.17, 15) is 0 Å². The second-order valence-corrected chi connectivity index (χ2v) is 13.8. The number of hydrogen-bond acceptors (Lipinski definition) is 4. The van der Waals surface area contributed by atoms with Crippen LogP contribution in [0.15, 0.2) is 122 Å². The van der Waals surface area contributed by atoms with E-state index in [1.54, 1.807) is 0 Å². The molecule has 0 saturated heterocycles. The summed E-state index contributed by atoms with van der Waals surface area (Å²) in [5.41, 5.74) is 8.31. The minimum atomic E-state index is -0.238. The first kappa shape index (κ1) is 35.9. The fourth-order valence-corrected chi connectivity index (χ4v) is 6.08. The molecule has 0 spiro atoms. The minimum absolute atomic E-state index is 0. The average Bonchev–Trinajstić information content (AvgIpc) is 3.74. The molecule has 4 aromatic carbocycles. The molecule has 7 heteroatoms. The van der Waals surface area contributed by atoms with Crippen molar-refractivity contribution in [1.82, 2.24) is 14.5 Å². The van der Waals surface area contributed by atoms with Gasteiger partial charge in [0.1, 0.15) is 5.82 Å². The van der Waals surface area contributed by atoms with Crippen molar-refractivity contribution in [2.75, 3.05) is 4.81 Å². The molecule has 0 saturated carbocycles. The van der Waals surface area contributed by atoms with Gasteiger partial charge in [0.15, 0.2) is 0 Å². The van der Waals surface area contributed by atoms with Crippen LogP contribution in [0.5, 0.6) is 5.75 Å². The van der Waals surface area contributed by atoms with Gasteiger partial charge >= 0.3 is 7.05 Å². The molecule has 6 aromatic rings. The smallest absolute Gasteiger partial charge is 0.511 e. The van der Waals surface area contributed by atoms with Gasteiger partial charge in [-0.15, -0.1) is 42.0 Å². The molecule has 0 atom stereocenters. The second kappa shape index (κ2) is 15.4. The van der Waals surface area contributed by atoms with Crippen molar-refractivity contribution in [1.29, 1.82) is 0 Å². The van der Waals surface area contributed by atoms with Crippen molar-refractivity contribution in [2.24, 2.45) is 0 Å². The first-order valence-electron chi connectivity index (χ1n) is 16.7. The average molecular weight is 823 g/mol. The van der Waals surface area contributed by atoms with Crippen LogP contribution in [0.2, 0.25) is 0 Å². The molecule has 0 amide bonds. The Kier molecular flexibility index (Phi) is 11.3. The monoisotopic (exact) mass is 823 g/mol. The van der Waals surface area contributed by atoms with Crippen LogP contribution >= 0.6 is 0 Å². The first-order chi connectivity index (χ1) is 23.1. The van der Waals surface area contributed by atoms with Gasteiger partial charge in [0.25, 0.3) is 0 Å². The van der Waals surface area contributed by atoms with Crippen LogP contribution in [0.25, 0.3) is 17.1 Å². The molecule has 3 heterocycles. The number of fused-ring (bicyclic) bond motifs is 1. The zero-order valence-corrected chi connectivity index (χ0v) is 31.7. The third kappa shape index (κ3) is 7.74. The number of imidazole rings is 1. The molecule has 1 aliphatic heterocycles. The fourth-order valence-electron chi connectivity index (χ4n) is 6.08. The van der Waals surface area contributed by atoms with Crippen LogP contribution in [0, 0.1) is 12.1 Å². The van der Waals surface area contributed by atoms with E-state index in [0.29, 0.717) is 11.8 Å². The molecule has 49 heavy (non-hydrogen) atoms. The summed E-state index contributed by atoms with van der Waals surface area (Å²) in [5, 5.41) is 0. The number of rotatable bonds is 6. The number of anilines is 2. The molecular weight excluding hydrogens is 780 g/mol. The second-order valence-electron chi connectivity index (χ2n) is 13.8. The molecule has 5 nitrogen and oxygen atoms in total. The van der Waals surface area contributed by atoms with Crippen LogP contribution in [0.1, 0.15) is 77.0 Å². The molecule has 0 N–H and O–H groups in total. The van der Waals surface area contributed by atoms with E-state index in [4.69, 9.17) is 4.65 Å². The summed E-state index contributed by atoms with van der Waals surface area (Å²) in [7, 11) is -0.238. The molecule has 0 unspecified atom stereocenters. The Hall–Kier alpha value is -4.45. The van der Waals surface area contributed by atoms with Gasteiger partial charge in [0.2, 0.25) is 0 Å². The van der Waals surface area contributed by atoms with Gasteiger partial charge in [-0.05, 0) is 57.2 Å². The van der Waals surface area contributed by atoms with E-state index >= 15 is 0 Å². The Balaban J connectivity index is 0.000000188. The summed E-state index contributed by atoms with van der Waals surface area (Å²) in [6, 6.07) is 41.5. The topological polar surface area (TPSA) is 43.2 Å². The maximum absolute atomic E-state index is 6.24. The van der Waals surface area contributed by atoms with E-state index in [-0.39, 0.29) is 32.6 Å². The summed E-state index contributed by atoms with van der Waals surface area (Å²) in [6.07, 6.45) is 5.81. The summed E-state index contributed by atoms with van der Waals surface area (Å²) in [5.74, 6) is 3.57. The quantitative estimate of drug-likeness (QED) is 0.124. The summed E-state index contributed by atoms with van der Waals surface area (Å²) < 4.78 is 8.46. The van der Waals surface area contributed by atoms with Crippen LogP contribution in [-0.4, -0.2) is 21.6 Å². The molecule has 7 rings (SSSR count). The van der Waals surface area contributed by atoms with Gasteiger partial charge < -0.3 is 14.0 Å². The fraction of sp³-hybridized carbons (Fsp3) is 0.238. The van der Waals surface area contributed by atoms with E-state index in [0.717, 1.165) is 34.1 Å². The molecule has 0 bridgehead atoms. The molecule has 1 radical (unpaired) electrons. The van der Waals surface area contributed by atoms with E-state index in [2.05, 4.69) is 135 Å². The van der Waals surface area contributed by atoms with Crippen LogP contribution in [-0.2, 0) is 25.5 Å². The molecule has 1 aliphatic rings. The number of benzene rings is 4. The van der Waals surface area contributed by atoms with Gasteiger partial charge in [-0.1, -0.05) is 97.0 Å². The van der Waals surface area contributed by atoms with E-state index in [1.165, 1.54) is 22.4 Å². The third-order valence-corrected chi connectivity index (χ3v) is 8.63. The Labute approximate surface area is 305 Å². The number of para-hydroxylation sites is 2. The molecular formula is C42H43BIrN4O-2. The Morgan fingerprint density at radius 2 is 1.43 bits per heavy atom. The minimum Gasteiger partial charge on any atom is -0.599 e. The van der Waals surface area contributed by atoms with Crippen molar-refractivity contribution in [3.05, 3.63) is 151 Å². The van der Waals surface area contributed by atoms with E-state index < -0.39 is 0 Å².